The van der Waals surface area contributed by atoms with Gasteiger partial charge in [0.1, 0.15) is 5.75 Å². The van der Waals surface area contributed by atoms with Crippen molar-refractivity contribution in [2.45, 2.75) is 25.9 Å². The average Bonchev–Trinajstić information content (AvgIpc) is 2.39. The van der Waals surface area contributed by atoms with Crippen LogP contribution in [0.15, 0.2) is 48.5 Å². The van der Waals surface area contributed by atoms with Gasteiger partial charge in [0.25, 0.3) is 0 Å². The molecular formula is C16H18ClNO. The Hall–Kier alpha value is -1.51. The predicted octanol–water partition coefficient (Wildman–Crippen LogP) is 4.46. The third kappa shape index (κ3) is 3.72. The number of aromatic hydroxyl groups is 1. The second-order valence-corrected chi connectivity index (χ2v) is 5.19. The van der Waals surface area contributed by atoms with E-state index in [0.29, 0.717) is 5.75 Å². The van der Waals surface area contributed by atoms with Crippen molar-refractivity contribution in [2.24, 2.45) is 0 Å². The zero-order chi connectivity index (χ0) is 13.8. The van der Waals surface area contributed by atoms with Gasteiger partial charge in [0.05, 0.1) is 0 Å². The number of hydrogen-bond donors (Lipinski definition) is 2. The highest BCUT2D eigenvalue weighted by atomic mass is 35.5. The molecule has 2 nitrogen and oxygen atoms in total. The summed E-state index contributed by atoms with van der Waals surface area (Å²) in [5.74, 6) is 0.297. The first-order chi connectivity index (χ1) is 9.06. The summed E-state index contributed by atoms with van der Waals surface area (Å²) < 4.78 is 0. The molecule has 0 aliphatic carbocycles. The third-order valence-electron chi connectivity index (χ3n) is 3.24. The summed E-state index contributed by atoms with van der Waals surface area (Å²) >= 11 is 5.89. The first kappa shape index (κ1) is 13.9. The van der Waals surface area contributed by atoms with Crippen LogP contribution in [0.4, 0.5) is 0 Å². The number of hydrogen-bond acceptors (Lipinski definition) is 2. The van der Waals surface area contributed by atoms with Crippen molar-refractivity contribution in [1.82, 2.24) is 5.32 Å². The zero-order valence-corrected chi connectivity index (χ0v) is 11.9. The number of phenols is 1. The molecule has 0 fully saturated rings. The molecule has 2 rings (SSSR count). The van der Waals surface area contributed by atoms with Crippen molar-refractivity contribution < 1.29 is 5.11 Å². The van der Waals surface area contributed by atoms with Crippen LogP contribution in [0.5, 0.6) is 5.75 Å². The molecule has 0 radical (unpaired) electrons. The van der Waals surface area contributed by atoms with Crippen molar-refractivity contribution in [1.29, 1.82) is 0 Å². The molecule has 2 N–H and O–H groups in total. The summed E-state index contributed by atoms with van der Waals surface area (Å²) in [6, 6.07) is 15.5. The molecule has 0 aliphatic rings. The highest BCUT2D eigenvalue weighted by Crippen LogP contribution is 2.22. The zero-order valence-electron chi connectivity index (χ0n) is 11.1. The number of halogens is 1. The Morgan fingerprint density at radius 1 is 0.947 bits per heavy atom. The third-order valence-corrected chi connectivity index (χ3v) is 3.49. The smallest absolute Gasteiger partial charge is 0.115 e. The van der Waals surface area contributed by atoms with Gasteiger partial charge < -0.3 is 10.4 Å². The van der Waals surface area contributed by atoms with E-state index in [0.717, 1.165) is 10.6 Å². The second kappa shape index (κ2) is 6.09. The Morgan fingerprint density at radius 3 is 2.21 bits per heavy atom. The normalized spacial score (nSPS) is 14.1. The molecule has 2 aromatic carbocycles. The van der Waals surface area contributed by atoms with Crippen LogP contribution in [0.25, 0.3) is 0 Å². The summed E-state index contributed by atoms with van der Waals surface area (Å²) in [5.41, 5.74) is 2.26. The van der Waals surface area contributed by atoms with E-state index >= 15 is 0 Å². The molecule has 0 bridgehead atoms. The number of benzene rings is 2. The molecule has 0 saturated carbocycles. The highest BCUT2D eigenvalue weighted by molar-refractivity contribution is 6.30. The Morgan fingerprint density at radius 2 is 1.58 bits per heavy atom. The Balaban J connectivity index is 2.06. The van der Waals surface area contributed by atoms with Crippen LogP contribution < -0.4 is 5.32 Å². The van der Waals surface area contributed by atoms with Gasteiger partial charge in [-0.05, 0) is 49.2 Å². The van der Waals surface area contributed by atoms with Crippen LogP contribution in [-0.4, -0.2) is 5.11 Å². The first-order valence-corrected chi connectivity index (χ1v) is 6.74. The van der Waals surface area contributed by atoms with Crippen molar-refractivity contribution in [2.75, 3.05) is 0 Å². The van der Waals surface area contributed by atoms with Gasteiger partial charge in [0.15, 0.2) is 0 Å². The highest BCUT2D eigenvalue weighted by Gasteiger charge is 2.11. The lowest BCUT2D eigenvalue weighted by Gasteiger charge is -2.21. The summed E-state index contributed by atoms with van der Waals surface area (Å²) in [4.78, 5) is 0. The molecule has 2 unspecified atom stereocenters. The van der Waals surface area contributed by atoms with Crippen LogP contribution in [0.1, 0.15) is 37.1 Å². The maximum Gasteiger partial charge on any atom is 0.115 e. The minimum atomic E-state index is 0.165. The summed E-state index contributed by atoms with van der Waals surface area (Å²) in [6.07, 6.45) is 0. The van der Waals surface area contributed by atoms with E-state index in [-0.39, 0.29) is 12.1 Å². The minimum absolute atomic E-state index is 0.165. The molecule has 0 spiro atoms. The molecule has 19 heavy (non-hydrogen) atoms. The van der Waals surface area contributed by atoms with Gasteiger partial charge in [-0.25, -0.2) is 0 Å². The van der Waals surface area contributed by atoms with Crippen molar-refractivity contribution in [3.63, 3.8) is 0 Å². The Kier molecular flexibility index (Phi) is 4.46. The van der Waals surface area contributed by atoms with Gasteiger partial charge in [0, 0.05) is 17.1 Å². The molecule has 0 amide bonds. The molecule has 0 heterocycles. The fourth-order valence-corrected chi connectivity index (χ4v) is 2.24. The van der Waals surface area contributed by atoms with Crippen LogP contribution >= 0.6 is 11.6 Å². The lowest BCUT2D eigenvalue weighted by molar-refractivity contribution is 0.466. The lowest BCUT2D eigenvalue weighted by atomic mass is 10.0. The van der Waals surface area contributed by atoms with Crippen LogP contribution in [0.2, 0.25) is 5.02 Å². The average molecular weight is 276 g/mol. The SMILES string of the molecule is CC(NC(C)c1cccc(O)c1)c1ccc(Cl)cc1. The van der Waals surface area contributed by atoms with Crippen molar-refractivity contribution in [3.8, 4) is 5.75 Å². The maximum atomic E-state index is 9.50. The summed E-state index contributed by atoms with van der Waals surface area (Å²) in [6.45, 7) is 4.20. The van der Waals surface area contributed by atoms with Gasteiger partial charge in [-0.15, -0.1) is 0 Å². The van der Waals surface area contributed by atoms with E-state index in [1.54, 1.807) is 12.1 Å². The molecule has 2 atom stereocenters. The number of phenolic OH excluding ortho intramolecular Hbond substituents is 1. The summed E-state index contributed by atoms with van der Waals surface area (Å²) in [7, 11) is 0. The van der Waals surface area contributed by atoms with Gasteiger partial charge in [-0.1, -0.05) is 35.9 Å². The van der Waals surface area contributed by atoms with E-state index in [9.17, 15) is 5.11 Å². The fourth-order valence-electron chi connectivity index (χ4n) is 2.11. The van der Waals surface area contributed by atoms with Crippen LogP contribution in [0.3, 0.4) is 0 Å². The fraction of sp³-hybridized carbons (Fsp3) is 0.250. The van der Waals surface area contributed by atoms with E-state index in [1.807, 2.05) is 36.4 Å². The molecule has 3 heteroatoms. The standard InChI is InChI=1S/C16H18ClNO/c1-11(13-6-8-15(17)9-7-13)18-12(2)14-4-3-5-16(19)10-14/h3-12,18-19H,1-2H3. The maximum absolute atomic E-state index is 9.50. The molecule has 0 aliphatic heterocycles. The number of nitrogens with one attached hydrogen (secondary N) is 1. The van der Waals surface area contributed by atoms with Crippen LogP contribution in [0, 0.1) is 0 Å². The topological polar surface area (TPSA) is 32.3 Å². The predicted molar refractivity (Wildman–Crippen MR) is 79.5 cm³/mol. The van der Waals surface area contributed by atoms with Crippen LogP contribution in [-0.2, 0) is 0 Å². The second-order valence-electron chi connectivity index (χ2n) is 4.76. The van der Waals surface area contributed by atoms with Gasteiger partial charge in [-0.3, -0.25) is 0 Å². The Bertz CT molecular complexity index is 539. The van der Waals surface area contributed by atoms with Crippen molar-refractivity contribution >= 4 is 11.6 Å². The monoisotopic (exact) mass is 275 g/mol. The van der Waals surface area contributed by atoms with Crippen molar-refractivity contribution in [3.05, 3.63) is 64.7 Å². The van der Waals surface area contributed by atoms with Gasteiger partial charge in [0.2, 0.25) is 0 Å². The summed E-state index contributed by atoms with van der Waals surface area (Å²) in [5, 5.41) is 13.8. The first-order valence-electron chi connectivity index (χ1n) is 6.36. The molecule has 100 valence electrons. The Labute approximate surface area is 119 Å². The van der Waals surface area contributed by atoms with E-state index in [1.165, 1.54) is 5.56 Å². The quantitative estimate of drug-likeness (QED) is 0.864. The largest absolute Gasteiger partial charge is 0.508 e. The molecule has 2 aromatic rings. The lowest BCUT2D eigenvalue weighted by Crippen LogP contribution is -2.22. The minimum Gasteiger partial charge on any atom is -0.508 e. The molecule has 0 aromatic heterocycles. The van der Waals surface area contributed by atoms with E-state index in [2.05, 4.69) is 19.2 Å². The van der Waals surface area contributed by atoms with Gasteiger partial charge >= 0.3 is 0 Å². The van der Waals surface area contributed by atoms with E-state index < -0.39 is 0 Å². The number of rotatable bonds is 4. The van der Waals surface area contributed by atoms with E-state index in [4.69, 9.17) is 11.6 Å². The van der Waals surface area contributed by atoms with Gasteiger partial charge in [-0.2, -0.15) is 0 Å². The molecule has 0 saturated heterocycles. The molecular weight excluding hydrogens is 258 g/mol.